The fourth-order valence-electron chi connectivity index (χ4n) is 4.57. The molecule has 0 aliphatic carbocycles. The van der Waals surface area contributed by atoms with Gasteiger partial charge in [0, 0.05) is 32.1 Å². The standard InChI is InChI=1S/C23H24N4O3/c1-25-14-17-6-4-7-18(20(17)22(25)29)21(28)26-11-9-23(30,10-12-26)15-27-19-8-3-2-5-16(19)13-24-27/h2-8,13,30H,9-12,14-15H2,1H3. The van der Waals surface area contributed by atoms with Crippen molar-refractivity contribution in [3.8, 4) is 0 Å². The van der Waals surface area contributed by atoms with E-state index in [0.717, 1.165) is 16.5 Å². The van der Waals surface area contributed by atoms with Gasteiger partial charge in [0.25, 0.3) is 11.8 Å². The summed E-state index contributed by atoms with van der Waals surface area (Å²) < 4.78 is 1.84. The van der Waals surface area contributed by atoms with Crippen molar-refractivity contribution in [2.75, 3.05) is 20.1 Å². The van der Waals surface area contributed by atoms with Crippen LogP contribution in [0.3, 0.4) is 0 Å². The molecule has 5 rings (SSSR count). The lowest BCUT2D eigenvalue weighted by Crippen LogP contribution is -2.49. The summed E-state index contributed by atoms with van der Waals surface area (Å²) in [5.41, 5.74) is 1.96. The van der Waals surface area contributed by atoms with Crippen LogP contribution in [-0.2, 0) is 13.1 Å². The summed E-state index contributed by atoms with van der Waals surface area (Å²) in [5, 5.41) is 16.6. The van der Waals surface area contributed by atoms with Gasteiger partial charge in [-0.1, -0.05) is 30.3 Å². The molecule has 1 fully saturated rings. The van der Waals surface area contributed by atoms with Crippen LogP contribution >= 0.6 is 0 Å². The van der Waals surface area contributed by atoms with E-state index in [1.54, 1.807) is 29.1 Å². The molecule has 2 amide bonds. The number of aliphatic hydroxyl groups is 1. The molecule has 2 aliphatic rings. The number of rotatable bonds is 3. The van der Waals surface area contributed by atoms with E-state index in [1.807, 2.05) is 41.1 Å². The number of carbonyl (C=O) groups excluding carboxylic acids is 2. The van der Waals surface area contributed by atoms with Gasteiger partial charge in [-0.2, -0.15) is 5.10 Å². The van der Waals surface area contributed by atoms with Gasteiger partial charge in [-0.3, -0.25) is 14.3 Å². The van der Waals surface area contributed by atoms with Gasteiger partial charge in [0.15, 0.2) is 0 Å². The zero-order valence-electron chi connectivity index (χ0n) is 16.9. The molecule has 7 heteroatoms. The number of piperidine rings is 1. The molecule has 0 unspecified atom stereocenters. The van der Waals surface area contributed by atoms with E-state index >= 15 is 0 Å². The maximum atomic E-state index is 13.2. The first kappa shape index (κ1) is 18.8. The highest BCUT2D eigenvalue weighted by atomic mass is 16.3. The van der Waals surface area contributed by atoms with Gasteiger partial charge in [0.05, 0.1) is 35.0 Å². The average Bonchev–Trinajstić information content (AvgIpc) is 3.28. The highest BCUT2D eigenvalue weighted by Gasteiger charge is 2.37. The van der Waals surface area contributed by atoms with Crippen LogP contribution in [0.15, 0.2) is 48.7 Å². The monoisotopic (exact) mass is 404 g/mol. The number of likely N-dealkylation sites (tertiary alicyclic amines) is 1. The molecule has 2 aliphatic heterocycles. The highest BCUT2D eigenvalue weighted by molar-refractivity contribution is 6.09. The summed E-state index contributed by atoms with van der Waals surface area (Å²) in [6, 6.07) is 13.4. The van der Waals surface area contributed by atoms with Crippen LogP contribution in [0.25, 0.3) is 10.9 Å². The third kappa shape index (κ3) is 3.06. The predicted molar refractivity (Wildman–Crippen MR) is 112 cm³/mol. The van der Waals surface area contributed by atoms with Crippen molar-refractivity contribution in [2.24, 2.45) is 0 Å². The molecule has 0 atom stereocenters. The molecule has 0 saturated carbocycles. The summed E-state index contributed by atoms with van der Waals surface area (Å²) >= 11 is 0. The summed E-state index contributed by atoms with van der Waals surface area (Å²) in [6.07, 6.45) is 2.74. The molecule has 0 radical (unpaired) electrons. The molecule has 30 heavy (non-hydrogen) atoms. The fraction of sp³-hybridized carbons (Fsp3) is 0.348. The van der Waals surface area contributed by atoms with Crippen LogP contribution in [-0.4, -0.2) is 62.2 Å². The Morgan fingerprint density at radius 3 is 2.70 bits per heavy atom. The van der Waals surface area contributed by atoms with E-state index in [4.69, 9.17) is 0 Å². The third-order valence-electron chi connectivity index (χ3n) is 6.33. The second-order valence-corrected chi connectivity index (χ2v) is 8.38. The Morgan fingerprint density at radius 1 is 1.13 bits per heavy atom. The minimum absolute atomic E-state index is 0.104. The molecule has 3 heterocycles. The van der Waals surface area contributed by atoms with Crippen LogP contribution in [0.1, 0.15) is 39.1 Å². The van der Waals surface area contributed by atoms with E-state index in [0.29, 0.717) is 50.1 Å². The molecular formula is C23H24N4O3. The summed E-state index contributed by atoms with van der Waals surface area (Å²) in [4.78, 5) is 29.0. The minimum atomic E-state index is -0.916. The first-order chi connectivity index (χ1) is 14.5. The second kappa shape index (κ2) is 6.95. The smallest absolute Gasteiger partial charge is 0.255 e. The lowest BCUT2D eigenvalue weighted by Gasteiger charge is -2.38. The highest BCUT2D eigenvalue weighted by Crippen LogP contribution is 2.29. The van der Waals surface area contributed by atoms with Crippen LogP contribution < -0.4 is 0 Å². The molecule has 7 nitrogen and oxygen atoms in total. The van der Waals surface area contributed by atoms with Crippen molar-refractivity contribution in [1.29, 1.82) is 0 Å². The number of para-hydroxylation sites is 1. The lowest BCUT2D eigenvalue weighted by molar-refractivity contribution is -0.0306. The number of hydrogen-bond acceptors (Lipinski definition) is 4. The van der Waals surface area contributed by atoms with Gasteiger partial charge >= 0.3 is 0 Å². The number of carbonyl (C=O) groups is 2. The predicted octanol–water partition coefficient (Wildman–Crippen LogP) is 2.29. The van der Waals surface area contributed by atoms with Crippen molar-refractivity contribution in [3.05, 3.63) is 65.4 Å². The molecule has 1 aromatic heterocycles. The SMILES string of the molecule is CN1Cc2cccc(C(=O)N3CCC(O)(Cn4ncc5ccccc54)CC3)c2C1=O. The maximum Gasteiger partial charge on any atom is 0.255 e. The summed E-state index contributed by atoms with van der Waals surface area (Å²) in [6.45, 7) is 1.82. The molecule has 2 aromatic carbocycles. The normalized spacial score (nSPS) is 18.1. The van der Waals surface area contributed by atoms with Gasteiger partial charge in [-0.05, 0) is 30.5 Å². The van der Waals surface area contributed by atoms with Crippen molar-refractivity contribution in [2.45, 2.75) is 31.5 Å². The Hall–Kier alpha value is -3.19. The third-order valence-corrected chi connectivity index (χ3v) is 6.33. The van der Waals surface area contributed by atoms with Crippen LogP contribution in [0.5, 0.6) is 0 Å². The molecule has 0 spiro atoms. The topological polar surface area (TPSA) is 78.7 Å². The van der Waals surface area contributed by atoms with Crippen LogP contribution in [0.4, 0.5) is 0 Å². The second-order valence-electron chi connectivity index (χ2n) is 8.38. The van der Waals surface area contributed by atoms with Crippen molar-refractivity contribution >= 4 is 22.7 Å². The van der Waals surface area contributed by atoms with Crippen LogP contribution in [0, 0.1) is 0 Å². The number of fused-ring (bicyclic) bond motifs is 2. The quantitative estimate of drug-likeness (QED) is 0.727. The zero-order valence-corrected chi connectivity index (χ0v) is 16.9. The lowest BCUT2D eigenvalue weighted by atomic mass is 9.90. The van der Waals surface area contributed by atoms with Gasteiger partial charge in [0.1, 0.15) is 0 Å². The van der Waals surface area contributed by atoms with E-state index < -0.39 is 5.60 Å². The van der Waals surface area contributed by atoms with Gasteiger partial charge in [0.2, 0.25) is 0 Å². The van der Waals surface area contributed by atoms with E-state index in [1.165, 1.54) is 0 Å². The number of amides is 2. The average molecular weight is 404 g/mol. The van der Waals surface area contributed by atoms with Crippen LogP contribution in [0.2, 0.25) is 0 Å². The Morgan fingerprint density at radius 2 is 1.90 bits per heavy atom. The Balaban J connectivity index is 1.31. The molecule has 154 valence electrons. The van der Waals surface area contributed by atoms with E-state index in [2.05, 4.69) is 5.10 Å². The number of nitrogens with zero attached hydrogens (tertiary/aromatic N) is 4. The van der Waals surface area contributed by atoms with E-state index in [9.17, 15) is 14.7 Å². The Labute approximate surface area is 174 Å². The zero-order chi connectivity index (χ0) is 20.9. The Bertz CT molecular complexity index is 1140. The van der Waals surface area contributed by atoms with Gasteiger partial charge in [-0.15, -0.1) is 0 Å². The van der Waals surface area contributed by atoms with Crippen molar-refractivity contribution in [3.63, 3.8) is 0 Å². The largest absolute Gasteiger partial charge is 0.388 e. The molecule has 3 aromatic rings. The first-order valence-corrected chi connectivity index (χ1v) is 10.2. The molecule has 1 N–H and O–H groups in total. The van der Waals surface area contributed by atoms with Crippen molar-refractivity contribution < 1.29 is 14.7 Å². The number of benzene rings is 2. The molecule has 0 bridgehead atoms. The Kier molecular flexibility index (Phi) is 4.36. The minimum Gasteiger partial charge on any atom is -0.388 e. The maximum absolute atomic E-state index is 13.2. The molecule has 1 saturated heterocycles. The van der Waals surface area contributed by atoms with Crippen molar-refractivity contribution in [1.82, 2.24) is 19.6 Å². The summed E-state index contributed by atoms with van der Waals surface area (Å²) in [5.74, 6) is -0.241. The summed E-state index contributed by atoms with van der Waals surface area (Å²) in [7, 11) is 1.75. The van der Waals surface area contributed by atoms with Gasteiger partial charge < -0.3 is 14.9 Å². The fourth-order valence-corrected chi connectivity index (χ4v) is 4.57. The van der Waals surface area contributed by atoms with Gasteiger partial charge in [-0.25, -0.2) is 0 Å². The first-order valence-electron chi connectivity index (χ1n) is 10.2. The number of aromatic nitrogens is 2. The van der Waals surface area contributed by atoms with E-state index in [-0.39, 0.29) is 11.8 Å². The number of hydrogen-bond donors (Lipinski definition) is 1. The molecular weight excluding hydrogens is 380 g/mol.